The van der Waals surface area contributed by atoms with Crippen molar-refractivity contribution in [2.45, 2.75) is 13.8 Å². The van der Waals surface area contributed by atoms with Crippen LogP contribution in [-0.4, -0.2) is 42.0 Å². The van der Waals surface area contributed by atoms with Crippen LogP contribution in [0.4, 0.5) is 5.69 Å². The van der Waals surface area contributed by atoms with E-state index in [0.29, 0.717) is 13.1 Å². The smallest absolute Gasteiger partial charge is 0.235 e. The van der Waals surface area contributed by atoms with Crippen LogP contribution in [0, 0.1) is 5.41 Å². The van der Waals surface area contributed by atoms with Gasteiger partial charge in [0.15, 0.2) is 0 Å². The fourth-order valence-electron chi connectivity index (χ4n) is 2.31. The summed E-state index contributed by atoms with van der Waals surface area (Å²) in [5.74, 6) is 0.0257. The highest BCUT2D eigenvalue weighted by Crippen LogP contribution is 2.22. The quantitative estimate of drug-likeness (QED) is 0.860. The Balaban J connectivity index is 1.98. The predicted molar refractivity (Wildman–Crippen MR) is 85.8 cm³/mol. The second kappa shape index (κ2) is 5.79. The third-order valence-electron chi connectivity index (χ3n) is 3.84. The van der Waals surface area contributed by atoms with Crippen molar-refractivity contribution in [3.05, 3.63) is 30.3 Å². The van der Waals surface area contributed by atoms with E-state index in [-0.39, 0.29) is 10.9 Å². The van der Waals surface area contributed by atoms with Crippen molar-refractivity contribution in [3.63, 3.8) is 0 Å². The summed E-state index contributed by atoms with van der Waals surface area (Å²) in [6, 6.07) is 10.3. The Morgan fingerprint density at radius 3 is 2.20 bits per heavy atom. The number of benzene rings is 1. The minimum absolute atomic E-state index is 0.0257. The fourth-order valence-corrected chi connectivity index (χ4v) is 2.39. The van der Waals surface area contributed by atoms with Gasteiger partial charge in [-0.3, -0.25) is 4.79 Å². The third kappa shape index (κ3) is 2.93. The van der Waals surface area contributed by atoms with E-state index >= 15 is 0 Å². The number of hydrogen-bond acceptors (Lipinski definition) is 3. The molecule has 0 saturated carbocycles. The van der Waals surface area contributed by atoms with Gasteiger partial charge in [-0.15, -0.1) is 0 Å². The van der Waals surface area contributed by atoms with Gasteiger partial charge >= 0.3 is 0 Å². The first-order valence-corrected chi connectivity index (χ1v) is 7.23. The number of piperazine rings is 1. The molecule has 1 aromatic carbocycles. The maximum atomic E-state index is 12.4. The molecular weight excluding hydrogens is 270 g/mol. The Morgan fingerprint density at radius 2 is 1.70 bits per heavy atom. The SMILES string of the molecule is CC(C)(C(=O)N1CCN(c2ccccc2)CC1)C(N)=S. The van der Waals surface area contributed by atoms with Crippen LogP contribution >= 0.6 is 12.2 Å². The highest BCUT2D eigenvalue weighted by Gasteiger charge is 2.36. The summed E-state index contributed by atoms with van der Waals surface area (Å²) in [6.07, 6.45) is 0. The van der Waals surface area contributed by atoms with E-state index in [1.165, 1.54) is 5.69 Å². The van der Waals surface area contributed by atoms with E-state index < -0.39 is 5.41 Å². The Morgan fingerprint density at radius 1 is 1.15 bits per heavy atom. The number of amides is 1. The summed E-state index contributed by atoms with van der Waals surface area (Å²) in [6.45, 7) is 6.67. The molecule has 1 aromatic rings. The summed E-state index contributed by atoms with van der Waals surface area (Å²) >= 11 is 5.00. The largest absolute Gasteiger partial charge is 0.392 e. The molecule has 1 saturated heterocycles. The molecule has 1 heterocycles. The zero-order chi connectivity index (χ0) is 14.8. The first kappa shape index (κ1) is 14.8. The normalized spacial score (nSPS) is 16.1. The number of rotatable bonds is 3. The first-order chi connectivity index (χ1) is 9.43. The van der Waals surface area contributed by atoms with E-state index in [1.54, 1.807) is 13.8 Å². The Kier molecular flexibility index (Phi) is 4.28. The molecule has 108 valence electrons. The van der Waals surface area contributed by atoms with Gasteiger partial charge in [0.2, 0.25) is 5.91 Å². The summed E-state index contributed by atoms with van der Waals surface area (Å²) in [4.78, 5) is 16.9. The van der Waals surface area contributed by atoms with Gasteiger partial charge in [-0.1, -0.05) is 30.4 Å². The van der Waals surface area contributed by atoms with E-state index in [2.05, 4.69) is 17.0 Å². The molecule has 0 bridgehead atoms. The summed E-state index contributed by atoms with van der Waals surface area (Å²) in [5, 5.41) is 0. The number of carbonyl (C=O) groups is 1. The van der Waals surface area contributed by atoms with Crippen molar-refractivity contribution in [2.75, 3.05) is 31.1 Å². The van der Waals surface area contributed by atoms with Gasteiger partial charge < -0.3 is 15.5 Å². The predicted octanol–water partition coefficient (Wildman–Crippen LogP) is 1.65. The maximum Gasteiger partial charge on any atom is 0.235 e. The van der Waals surface area contributed by atoms with Crippen LogP contribution in [-0.2, 0) is 4.79 Å². The maximum absolute atomic E-state index is 12.4. The number of thiocarbonyl (C=S) groups is 1. The summed E-state index contributed by atoms with van der Waals surface area (Å²) < 4.78 is 0. The highest BCUT2D eigenvalue weighted by molar-refractivity contribution is 7.80. The van der Waals surface area contributed by atoms with Gasteiger partial charge in [-0.25, -0.2) is 0 Å². The molecule has 0 aliphatic carbocycles. The molecule has 2 rings (SSSR count). The van der Waals surface area contributed by atoms with Crippen molar-refractivity contribution in [1.82, 2.24) is 4.90 Å². The fraction of sp³-hybridized carbons (Fsp3) is 0.467. The minimum atomic E-state index is -0.760. The third-order valence-corrected chi connectivity index (χ3v) is 4.35. The molecule has 5 heteroatoms. The molecule has 1 aliphatic rings. The number of anilines is 1. The zero-order valence-corrected chi connectivity index (χ0v) is 12.8. The zero-order valence-electron chi connectivity index (χ0n) is 12.0. The van der Waals surface area contributed by atoms with Crippen molar-refractivity contribution < 1.29 is 4.79 Å². The van der Waals surface area contributed by atoms with E-state index in [9.17, 15) is 4.79 Å². The monoisotopic (exact) mass is 291 g/mol. The first-order valence-electron chi connectivity index (χ1n) is 6.82. The standard InChI is InChI=1S/C15H21N3OS/c1-15(2,13(16)20)14(19)18-10-8-17(9-11-18)12-6-4-3-5-7-12/h3-7H,8-11H2,1-2H3,(H2,16,20). The Labute approximate surface area is 125 Å². The summed E-state index contributed by atoms with van der Waals surface area (Å²) in [7, 11) is 0. The lowest BCUT2D eigenvalue weighted by atomic mass is 9.91. The van der Waals surface area contributed by atoms with Gasteiger partial charge in [0.25, 0.3) is 0 Å². The lowest BCUT2D eigenvalue weighted by Crippen LogP contribution is -2.54. The van der Waals surface area contributed by atoms with Crippen molar-refractivity contribution in [3.8, 4) is 0 Å². The van der Waals surface area contributed by atoms with Crippen LogP contribution in [0.25, 0.3) is 0 Å². The molecule has 0 aromatic heterocycles. The molecule has 1 fully saturated rings. The second-order valence-electron chi connectivity index (χ2n) is 5.60. The Bertz CT molecular complexity index is 493. The molecule has 0 radical (unpaired) electrons. The molecule has 0 atom stereocenters. The van der Waals surface area contributed by atoms with Crippen molar-refractivity contribution >= 4 is 28.8 Å². The van der Waals surface area contributed by atoms with Crippen molar-refractivity contribution in [1.29, 1.82) is 0 Å². The van der Waals surface area contributed by atoms with Gasteiger partial charge in [-0.2, -0.15) is 0 Å². The van der Waals surface area contributed by atoms with Crippen LogP contribution < -0.4 is 10.6 Å². The number of nitrogens with two attached hydrogens (primary N) is 1. The van der Waals surface area contributed by atoms with E-state index in [1.807, 2.05) is 23.1 Å². The second-order valence-corrected chi connectivity index (χ2v) is 6.04. The molecule has 20 heavy (non-hydrogen) atoms. The Hall–Kier alpha value is -1.62. The highest BCUT2D eigenvalue weighted by atomic mass is 32.1. The van der Waals surface area contributed by atoms with Crippen LogP contribution in [0.3, 0.4) is 0 Å². The lowest BCUT2D eigenvalue weighted by Gasteiger charge is -2.39. The topological polar surface area (TPSA) is 49.6 Å². The lowest BCUT2D eigenvalue weighted by molar-refractivity contribution is -0.137. The molecule has 0 unspecified atom stereocenters. The number of nitrogens with zero attached hydrogens (tertiary/aromatic N) is 2. The average molecular weight is 291 g/mol. The molecule has 1 amide bonds. The molecule has 0 spiro atoms. The van der Waals surface area contributed by atoms with Crippen LogP contribution in [0.5, 0.6) is 0 Å². The van der Waals surface area contributed by atoms with Gasteiger partial charge in [0.1, 0.15) is 0 Å². The summed E-state index contributed by atoms with van der Waals surface area (Å²) in [5.41, 5.74) is 6.11. The van der Waals surface area contributed by atoms with Gasteiger partial charge in [0.05, 0.1) is 10.4 Å². The number of carbonyl (C=O) groups excluding carboxylic acids is 1. The molecular formula is C15H21N3OS. The minimum Gasteiger partial charge on any atom is -0.392 e. The molecule has 4 nitrogen and oxygen atoms in total. The number of para-hydroxylation sites is 1. The van der Waals surface area contributed by atoms with E-state index in [4.69, 9.17) is 18.0 Å². The molecule has 2 N–H and O–H groups in total. The van der Waals surface area contributed by atoms with Crippen LogP contribution in [0.1, 0.15) is 13.8 Å². The average Bonchev–Trinajstić information content (AvgIpc) is 2.47. The molecule has 1 aliphatic heterocycles. The number of hydrogen-bond donors (Lipinski definition) is 1. The van der Waals surface area contributed by atoms with Crippen molar-refractivity contribution in [2.24, 2.45) is 11.1 Å². The van der Waals surface area contributed by atoms with E-state index in [0.717, 1.165) is 13.1 Å². The van der Waals surface area contributed by atoms with Gasteiger partial charge in [0, 0.05) is 31.9 Å². The van der Waals surface area contributed by atoms with Gasteiger partial charge in [-0.05, 0) is 26.0 Å². The van der Waals surface area contributed by atoms with Crippen LogP contribution in [0.15, 0.2) is 30.3 Å². The van der Waals surface area contributed by atoms with Crippen LogP contribution in [0.2, 0.25) is 0 Å².